The molecule has 1 N–H and O–H groups in total. The summed E-state index contributed by atoms with van der Waals surface area (Å²) in [5.74, 6) is -2.05. The lowest BCUT2D eigenvalue weighted by molar-refractivity contribution is -0.136. The normalized spacial score (nSPS) is 22.4. The van der Waals surface area contributed by atoms with Crippen LogP contribution in [0.15, 0.2) is 54.6 Å². The number of piperidine rings is 3. The molecule has 6 heterocycles. The SMILES string of the molecule is [C-]#[N+]c1ccc(N2CCC3(CCN(c4ccc(C(=O)N5CCN(CC6CCN(c7ccc8c(c7)C(=O)N(C7CCC(=O)NC7=O)C8=O)CC6)CC5)cc4F)CC3)C2)cc1Cl. The van der Waals surface area contributed by atoms with E-state index in [0.717, 1.165) is 107 Å². The molecule has 5 fully saturated rings. The highest BCUT2D eigenvalue weighted by Gasteiger charge is 2.45. The van der Waals surface area contributed by atoms with Gasteiger partial charge < -0.3 is 19.6 Å². The van der Waals surface area contributed by atoms with Crippen molar-refractivity contribution in [3.8, 4) is 0 Å². The third kappa shape index (κ3) is 7.58. The second kappa shape index (κ2) is 16.2. The molecule has 0 aliphatic carbocycles. The Labute approximate surface area is 353 Å². The number of amides is 5. The number of benzene rings is 3. The lowest BCUT2D eigenvalue weighted by Crippen LogP contribution is -2.54. The Morgan fingerprint density at radius 3 is 2.15 bits per heavy atom. The number of piperazine rings is 1. The van der Waals surface area contributed by atoms with E-state index in [9.17, 15) is 24.0 Å². The molecule has 5 saturated heterocycles. The van der Waals surface area contributed by atoms with Crippen molar-refractivity contribution >= 4 is 63.9 Å². The quantitative estimate of drug-likeness (QED) is 0.240. The van der Waals surface area contributed by atoms with E-state index < -0.39 is 29.7 Å². The molecule has 0 aromatic heterocycles. The second-order valence-electron chi connectivity index (χ2n) is 17.3. The van der Waals surface area contributed by atoms with Crippen molar-refractivity contribution in [2.45, 2.75) is 51.0 Å². The fraction of sp³-hybridized carbons (Fsp3) is 0.467. The van der Waals surface area contributed by atoms with Crippen molar-refractivity contribution in [1.82, 2.24) is 20.0 Å². The van der Waals surface area contributed by atoms with Gasteiger partial charge in [-0.1, -0.05) is 17.7 Å². The molecule has 3 aromatic carbocycles. The smallest absolute Gasteiger partial charge is 0.262 e. The molecule has 1 unspecified atom stereocenters. The third-order valence-electron chi connectivity index (χ3n) is 13.8. The van der Waals surface area contributed by atoms with Gasteiger partial charge in [-0.05, 0) is 98.4 Å². The summed E-state index contributed by atoms with van der Waals surface area (Å²) < 4.78 is 15.7. The highest BCUT2D eigenvalue weighted by atomic mass is 35.5. The van der Waals surface area contributed by atoms with E-state index in [2.05, 4.69) is 29.8 Å². The molecule has 6 aliphatic rings. The van der Waals surface area contributed by atoms with Crippen LogP contribution in [0.4, 0.5) is 27.1 Å². The average molecular weight is 835 g/mol. The molecule has 5 amide bonds. The Bertz CT molecular complexity index is 2290. The van der Waals surface area contributed by atoms with Gasteiger partial charge in [-0.25, -0.2) is 9.24 Å². The van der Waals surface area contributed by atoms with E-state index >= 15 is 4.39 Å². The van der Waals surface area contributed by atoms with E-state index in [1.165, 1.54) is 6.07 Å². The maximum Gasteiger partial charge on any atom is 0.262 e. The number of carbonyl (C=O) groups is 5. The van der Waals surface area contributed by atoms with Crippen LogP contribution in [0, 0.1) is 23.7 Å². The molecule has 1 atom stereocenters. The van der Waals surface area contributed by atoms with Crippen molar-refractivity contribution in [2.24, 2.45) is 11.3 Å². The minimum absolute atomic E-state index is 0.0804. The summed E-state index contributed by atoms with van der Waals surface area (Å²) in [4.78, 5) is 79.4. The Morgan fingerprint density at radius 2 is 1.47 bits per heavy atom. The molecule has 3 aromatic rings. The van der Waals surface area contributed by atoms with Crippen LogP contribution in [-0.4, -0.2) is 122 Å². The summed E-state index contributed by atoms with van der Waals surface area (Å²) in [6.45, 7) is 15.8. The molecule has 6 aliphatic heterocycles. The average Bonchev–Trinajstić information content (AvgIpc) is 3.78. The fourth-order valence-electron chi connectivity index (χ4n) is 10.2. The van der Waals surface area contributed by atoms with Crippen LogP contribution < -0.4 is 20.0 Å². The van der Waals surface area contributed by atoms with Crippen LogP contribution in [-0.2, 0) is 9.59 Å². The maximum atomic E-state index is 15.7. The number of fused-ring (bicyclic) bond motifs is 1. The van der Waals surface area contributed by atoms with Crippen LogP contribution in [0.2, 0.25) is 5.02 Å². The van der Waals surface area contributed by atoms with Crippen molar-refractivity contribution in [1.29, 1.82) is 0 Å². The predicted molar refractivity (Wildman–Crippen MR) is 225 cm³/mol. The van der Waals surface area contributed by atoms with Gasteiger partial charge in [0.05, 0.1) is 23.4 Å². The summed E-state index contributed by atoms with van der Waals surface area (Å²) in [5, 5.41) is 2.71. The van der Waals surface area contributed by atoms with Gasteiger partial charge in [0.2, 0.25) is 17.5 Å². The minimum atomic E-state index is -0.987. The molecule has 0 radical (unpaired) electrons. The van der Waals surface area contributed by atoms with Gasteiger partial charge in [0.1, 0.15) is 11.9 Å². The molecule has 0 bridgehead atoms. The molecular formula is C45H48ClFN8O5. The van der Waals surface area contributed by atoms with Crippen LogP contribution in [0.3, 0.4) is 0 Å². The largest absolute Gasteiger partial charge is 0.371 e. The van der Waals surface area contributed by atoms with Gasteiger partial charge in [0, 0.05) is 100 Å². The molecule has 0 saturated carbocycles. The van der Waals surface area contributed by atoms with Crippen LogP contribution in [0.25, 0.3) is 4.85 Å². The number of hydrogen-bond acceptors (Lipinski definition) is 9. The number of halogens is 2. The maximum absolute atomic E-state index is 15.7. The Hall–Kier alpha value is -5.52. The molecule has 1 spiro atoms. The summed E-state index contributed by atoms with van der Waals surface area (Å²) in [6.07, 6.45) is 5.10. The molecule has 60 heavy (non-hydrogen) atoms. The first-order valence-corrected chi connectivity index (χ1v) is 21.5. The van der Waals surface area contributed by atoms with Crippen molar-refractivity contribution in [2.75, 3.05) is 86.7 Å². The standard InChI is InChI=1S/C45H48ClFN8O5/c1-48-37-6-4-32(26-35(37)46)54-19-14-45(28-54)12-17-52(18-13-45)38-7-2-30(24-36(38)47)42(58)53-22-20-50(21-23-53)27-29-10-15-51(16-11-29)31-3-5-33-34(25-31)44(60)55(43(33)59)39-8-9-40(56)49-41(39)57/h2-7,24-26,29,39H,8-23,27-28H2,(H,49,56,57). The highest BCUT2D eigenvalue weighted by molar-refractivity contribution is 6.33. The minimum Gasteiger partial charge on any atom is -0.371 e. The van der Waals surface area contributed by atoms with Crippen molar-refractivity contribution < 1.29 is 28.4 Å². The number of anilines is 3. The predicted octanol–water partition coefficient (Wildman–Crippen LogP) is 5.60. The molecular weight excluding hydrogens is 787 g/mol. The summed E-state index contributed by atoms with van der Waals surface area (Å²) in [6, 6.07) is 14.9. The Kier molecular flexibility index (Phi) is 10.7. The zero-order chi connectivity index (χ0) is 41.7. The second-order valence-corrected chi connectivity index (χ2v) is 17.7. The first-order valence-electron chi connectivity index (χ1n) is 21.1. The zero-order valence-corrected chi connectivity index (χ0v) is 34.3. The lowest BCUT2D eigenvalue weighted by atomic mass is 9.77. The van der Waals surface area contributed by atoms with Crippen LogP contribution >= 0.6 is 11.6 Å². The van der Waals surface area contributed by atoms with E-state index in [4.69, 9.17) is 18.2 Å². The van der Waals surface area contributed by atoms with E-state index in [0.29, 0.717) is 41.0 Å². The zero-order valence-electron chi connectivity index (χ0n) is 33.5. The number of rotatable bonds is 7. The lowest BCUT2D eigenvalue weighted by Gasteiger charge is -2.40. The van der Waals surface area contributed by atoms with Gasteiger partial charge in [-0.2, -0.15) is 0 Å². The number of carbonyl (C=O) groups excluding carboxylic acids is 5. The number of nitrogens with one attached hydrogen (secondary N) is 1. The number of imide groups is 2. The first-order chi connectivity index (χ1) is 29.0. The third-order valence-corrected chi connectivity index (χ3v) is 14.1. The van der Waals surface area contributed by atoms with Crippen molar-refractivity contribution in [3.05, 3.63) is 93.5 Å². The molecule has 312 valence electrons. The van der Waals surface area contributed by atoms with E-state index in [-0.39, 0.29) is 41.1 Å². The van der Waals surface area contributed by atoms with Gasteiger partial charge in [0.15, 0.2) is 0 Å². The summed E-state index contributed by atoms with van der Waals surface area (Å²) in [5.41, 5.74) is 4.01. The number of nitrogens with zero attached hydrogens (tertiary/aromatic N) is 7. The number of hydrogen-bond donors (Lipinski definition) is 1. The van der Waals surface area contributed by atoms with Gasteiger partial charge >= 0.3 is 0 Å². The monoisotopic (exact) mass is 834 g/mol. The summed E-state index contributed by atoms with van der Waals surface area (Å²) in [7, 11) is 0. The molecule has 9 rings (SSSR count). The van der Waals surface area contributed by atoms with Crippen LogP contribution in [0.1, 0.15) is 76.0 Å². The van der Waals surface area contributed by atoms with Gasteiger partial charge in [-0.15, -0.1) is 0 Å². The van der Waals surface area contributed by atoms with Crippen LogP contribution in [0.5, 0.6) is 0 Å². The van der Waals surface area contributed by atoms with E-state index in [1.54, 1.807) is 30.3 Å². The Morgan fingerprint density at radius 1 is 0.783 bits per heavy atom. The highest BCUT2D eigenvalue weighted by Crippen LogP contribution is 2.44. The molecule has 13 nitrogen and oxygen atoms in total. The topological polar surface area (TPSA) is 121 Å². The van der Waals surface area contributed by atoms with Gasteiger partial charge in [0.25, 0.3) is 17.7 Å². The summed E-state index contributed by atoms with van der Waals surface area (Å²) >= 11 is 6.32. The first kappa shape index (κ1) is 39.9. The fourth-order valence-corrected chi connectivity index (χ4v) is 10.4. The van der Waals surface area contributed by atoms with E-state index in [1.807, 2.05) is 23.1 Å². The Balaban J connectivity index is 0.725. The van der Waals surface area contributed by atoms with Crippen molar-refractivity contribution in [3.63, 3.8) is 0 Å². The van der Waals surface area contributed by atoms with Gasteiger partial charge in [-0.3, -0.25) is 39.1 Å². The molecule has 15 heteroatoms.